The van der Waals surface area contributed by atoms with Crippen LogP contribution in [0.4, 0.5) is 5.69 Å². The highest BCUT2D eigenvalue weighted by Gasteiger charge is 2.31. The minimum atomic E-state index is -3.93. The molecule has 0 aliphatic heterocycles. The molecule has 0 saturated carbocycles. The van der Waals surface area contributed by atoms with E-state index in [0.717, 1.165) is 0 Å². The molecular weight excluding hydrogens is 462 g/mol. The molecule has 1 N–H and O–H groups in total. The molecule has 0 radical (unpaired) electrons. The van der Waals surface area contributed by atoms with Gasteiger partial charge in [0.2, 0.25) is 0 Å². The predicted octanol–water partition coefficient (Wildman–Crippen LogP) is 6.43. The topological polar surface area (TPSA) is 85.6 Å². The summed E-state index contributed by atoms with van der Waals surface area (Å²) in [6.45, 7) is 7.55. The molecule has 0 aliphatic rings. The lowest BCUT2D eigenvalue weighted by Crippen LogP contribution is -2.16. The van der Waals surface area contributed by atoms with Crippen molar-refractivity contribution in [3.63, 3.8) is 0 Å². The van der Waals surface area contributed by atoms with E-state index in [1.54, 1.807) is 25.1 Å². The summed E-state index contributed by atoms with van der Waals surface area (Å²) in [5, 5.41) is 2.29. The number of hydrogen-bond donors (Lipinski definition) is 1. The molecule has 1 aromatic heterocycles. The van der Waals surface area contributed by atoms with Gasteiger partial charge in [-0.3, -0.25) is 4.72 Å². The molecule has 0 spiro atoms. The van der Waals surface area contributed by atoms with Crippen molar-refractivity contribution < 1.29 is 22.4 Å². The molecule has 0 saturated heterocycles. The van der Waals surface area contributed by atoms with Gasteiger partial charge in [0.15, 0.2) is 0 Å². The Labute approximate surface area is 197 Å². The number of furan rings is 1. The van der Waals surface area contributed by atoms with E-state index in [-0.39, 0.29) is 10.5 Å². The zero-order valence-corrected chi connectivity index (χ0v) is 20.5. The maximum Gasteiger partial charge on any atom is 0.342 e. The van der Waals surface area contributed by atoms with Gasteiger partial charge in [-0.1, -0.05) is 56.6 Å². The molecule has 3 aromatic carbocycles. The number of nitrogens with one attached hydrogen (secondary N) is 1. The summed E-state index contributed by atoms with van der Waals surface area (Å²) in [5.74, 6) is -0.0704. The number of anilines is 1. The molecule has 1 heterocycles. The second kappa shape index (κ2) is 8.08. The minimum Gasteiger partial charge on any atom is -0.465 e. The average molecular weight is 486 g/mol. The zero-order chi connectivity index (χ0) is 24.1. The number of carbonyl (C=O) groups is 1. The number of aryl methyl sites for hydroxylation is 1. The lowest BCUT2D eigenvalue weighted by molar-refractivity contribution is 0.0598. The number of fused-ring (bicyclic) bond motifs is 3. The van der Waals surface area contributed by atoms with Crippen molar-refractivity contribution in [3.8, 4) is 0 Å². The number of ether oxygens (including phenoxy) is 1. The van der Waals surface area contributed by atoms with Gasteiger partial charge in [0.05, 0.1) is 17.7 Å². The number of rotatable bonds is 4. The van der Waals surface area contributed by atoms with E-state index in [1.165, 1.54) is 19.2 Å². The fourth-order valence-electron chi connectivity index (χ4n) is 3.83. The Hall–Kier alpha value is -3.03. The highest BCUT2D eigenvalue weighted by molar-refractivity contribution is 7.92. The summed E-state index contributed by atoms with van der Waals surface area (Å²) in [6.07, 6.45) is 0. The van der Waals surface area contributed by atoms with Crippen molar-refractivity contribution in [3.05, 3.63) is 70.4 Å². The van der Waals surface area contributed by atoms with Gasteiger partial charge >= 0.3 is 5.97 Å². The third-order valence-corrected chi connectivity index (χ3v) is 7.24. The van der Waals surface area contributed by atoms with Crippen LogP contribution in [0.15, 0.2) is 57.8 Å². The molecule has 8 heteroatoms. The predicted molar refractivity (Wildman–Crippen MR) is 131 cm³/mol. The van der Waals surface area contributed by atoms with E-state index in [4.69, 9.17) is 20.8 Å². The first-order chi connectivity index (χ1) is 15.4. The van der Waals surface area contributed by atoms with E-state index < -0.39 is 21.4 Å². The number of hydrogen-bond acceptors (Lipinski definition) is 5. The summed E-state index contributed by atoms with van der Waals surface area (Å²) < 4.78 is 40.4. The Morgan fingerprint density at radius 3 is 2.30 bits per heavy atom. The molecule has 4 rings (SSSR count). The Balaban J connectivity index is 2.00. The van der Waals surface area contributed by atoms with Gasteiger partial charge in [0.1, 0.15) is 16.9 Å². The van der Waals surface area contributed by atoms with Crippen molar-refractivity contribution in [1.82, 2.24) is 0 Å². The van der Waals surface area contributed by atoms with Crippen LogP contribution in [0.3, 0.4) is 0 Å². The molecular formula is C25H24ClNO5S. The molecule has 172 valence electrons. The van der Waals surface area contributed by atoms with Crippen LogP contribution in [0.2, 0.25) is 5.02 Å². The molecule has 0 amide bonds. The lowest BCUT2D eigenvalue weighted by Gasteiger charge is -2.16. The third kappa shape index (κ3) is 4.07. The molecule has 33 heavy (non-hydrogen) atoms. The Morgan fingerprint density at radius 1 is 1.03 bits per heavy atom. The Kier molecular flexibility index (Phi) is 5.66. The summed E-state index contributed by atoms with van der Waals surface area (Å²) in [7, 11) is -2.62. The van der Waals surface area contributed by atoms with Crippen LogP contribution >= 0.6 is 11.6 Å². The van der Waals surface area contributed by atoms with Crippen LogP contribution in [0, 0.1) is 6.92 Å². The van der Waals surface area contributed by atoms with E-state index in [1.807, 2.05) is 39.0 Å². The second-order valence-corrected chi connectivity index (χ2v) is 11.0. The lowest BCUT2D eigenvalue weighted by atomic mass is 9.89. The molecule has 0 unspecified atom stereocenters. The van der Waals surface area contributed by atoms with Crippen molar-refractivity contribution >= 4 is 55.0 Å². The first-order valence-electron chi connectivity index (χ1n) is 10.3. The normalized spacial score (nSPS) is 12.3. The standard InChI is InChI=1S/C25H24ClNO5S/c1-14-12-15(10-11-19(14)26)33(29,30)27-20-13-18-21(24(28)31-5)23(25(2,3)4)32-22(18)17-9-7-6-8-16(17)20/h6-13,27H,1-5H3. The van der Waals surface area contributed by atoms with Crippen molar-refractivity contribution in [2.75, 3.05) is 11.8 Å². The van der Waals surface area contributed by atoms with Crippen LogP contribution in [0.1, 0.15) is 42.5 Å². The van der Waals surface area contributed by atoms with Gasteiger partial charge in [0.25, 0.3) is 10.0 Å². The smallest absolute Gasteiger partial charge is 0.342 e. The summed E-state index contributed by atoms with van der Waals surface area (Å²) >= 11 is 6.06. The van der Waals surface area contributed by atoms with E-state index in [9.17, 15) is 13.2 Å². The van der Waals surface area contributed by atoms with Crippen LogP contribution in [0.25, 0.3) is 21.7 Å². The monoisotopic (exact) mass is 485 g/mol. The van der Waals surface area contributed by atoms with Gasteiger partial charge < -0.3 is 9.15 Å². The quantitative estimate of drug-likeness (QED) is 0.336. The second-order valence-electron chi connectivity index (χ2n) is 8.91. The first kappa shape index (κ1) is 23.1. The number of esters is 1. The van der Waals surface area contributed by atoms with Gasteiger partial charge in [-0.25, -0.2) is 13.2 Å². The molecule has 6 nitrogen and oxygen atoms in total. The Bertz CT molecular complexity index is 1510. The minimum absolute atomic E-state index is 0.0874. The first-order valence-corrected chi connectivity index (χ1v) is 12.2. The summed E-state index contributed by atoms with van der Waals surface area (Å²) in [6, 6.07) is 13.4. The highest BCUT2D eigenvalue weighted by atomic mass is 35.5. The van der Waals surface area contributed by atoms with E-state index in [2.05, 4.69) is 4.72 Å². The molecule has 4 aromatic rings. The maximum atomic E-state index is 13.2. The SMILES string of the molecule is COC(=O)c1c(C(C)(C)C)oc2c1cc(NS(=O)(=O)c1ccc(Cl)c(C)c1)c1ccccc12. The highest BCUT2D eigenvalue weighted by Crippen LogP contribution is 2.41. The molecule has 0 aliphatic carbocycles. The largest absolute Gasteiger partial charge is 0.465 e. The van der Waals surface area contributed by atoms with Gasteiger partial charge in [-0.15, -0.1) is 0 Å². The average Bonchev–Trinajstić information content (AvgIpc) is 3.15. The summed E-state index contributed by atoms with van der Waals surface area (Å²) in [5.41, 5.74) is 1.29. The number of sulfonamides is 1. The fraction of sp³-hybridized carbons (Fsp3) is 0.240. The number of carbonyl (C=O) groups excluding carboxylic acids is 1. The number of methoxy groups -OCH3 is 1. The van der Waals surface area contributed by atoms with Crippen molar-refractivity contribution in [1.29, 1.82) is 0 Å². The molecule has 0 bridgehead atoms. The van der Waals surface area contributed by atoms with Gasteiger partial charge in [-0.05, 0) is 36.8 Å². The summed E-state index contributed by atoms with van der Waals surface area (Å²) in [4.78, 5) is 12.8. The maximum absolute atomic E-state index is 13.2. The molecule has 0 fully saturated rings. The zero-order valence-electron chi connectivity index (χ0n) is 18.9. The number of benzene rings is 3. The Morgan fingerprint density at radius 2 is 1.70 bits per heavy atom. The van der Waals surface area contributed by atoms with Crippen molar-refractivity contribution in [2.45, 2.75) is 38.0 Å². The van der Waals surface area contributed by atoms with Gasteiger partial charge in [-0.2, -0.15) is 0 Å². The van der Waals surface area contributed by atoms with Crippen LogP contribution < -0.4 is 4.72 Å². The molecule has 0 atom stereocenters. The van der Waals surface area contributed by atoms with E-state index in [0.29, 0.717) is 43.8 Å². The fourth-order valence-corrected chi connectivity index (χ4v) is 5.10. The number of halogens is 1. The van der Waals surface area contributed by atoms with Crippen LogP contribution in [-0.2, 0) is 20.2 Å². The van der Waals surface area contributed by atoms with Gasteiger partial charge in [0, 0.05) is 26.6 Å². The third-order valence-electron chi connectivity index (χ3n) is 5.45. The van der Waals surface area contributed by atoms with Crippen molar-refractivity contribution in [2.24, 2.45) is 0 Å². The van der Waals surface area contributed by atoms with Crippen LogP contribution in [0.5, 0.6) is 0 Å². The van der Waals surface area contributed by atoms with Crippen LogP contribution in [-0.4, -0.2) is 21.5 Å². The van der Waals surface area contributed by atoms with E-state index >= 15 is 0 Å².